The molecule has 0 saturated heterocycles. The van der Waals surface area contributed by atoms with Gasteiger partial charge in [0, 0.05) is 24.1 Å². The van der Waals surface area contributed by atoms with Crippen molar-refractivity contribution in [1.29, 1.82) is 0 Å². The molecule has 0 aliphatic carbocycles. The third kappa shape index (κ3) is 5.95. The van der Waals surface area contributed by atoms with Gasteiger partial charge in [-0.25, -0.2) is 12.8 Å². The summed E-state index contributed by atoms with van der Waals surface area (Å²) >= 11 is 0. The highest BCUT2D eigenvalue weighted by Crippen LogP contribution is 2.38. The number of rotatable bonds is 10. The van der Waals surface area contributed by atoms with Gasteiger partial charge in [-0.2, -0.15) is 0 Å². The Morgan fingerprint density at radius 2 is 1.79 bits per heavy atom. The molecule has 1 aromatic heterocycles. The van der Waals surface area contributed by atoms with Crippen LogP contribution in [0.15, 0.2) is 83.3 Å². The fourth-order valence-electron chi connectivity index (χ4n) is 4.18. The van der Waals surface area contributed by atoms with Crippen LogP contribution in [0.3, 0.4) is 0 Å². The molecular weight excluding hydrogens is 507 g/mol. The predicted octanol–water partition coefficient (Wildman–Crippen LogP) is 5.45. The number of halogens is 1. The van der Waals surface area contributed by atoms with E-state index >= 15 is 0 Å². The highest BCUT2D eigenvalue weighted by Gasteiger charge is 2.26. The van der Waals surface area contributed by atoms with Gasteiger partial charge in [0.1, 0.15) is 17.2 Å². The number of amides is 1. The second kappa shape index (κ2) is 11.2. The number of nitrogens with one attached hydrogen (secondary N) is 1. The molecule has 1 amide bonds. The molecule has 0 saturated carbocycles. The maximum atomic E-state index is 13.5. The Bertz CT molecular complexity index is 1580. The zero-order valence-corrected chi connectivity index (χ0v) is 22.3. The Labute approximate surface area is 221 Å². The Balaban J connectivity index is 1.68. The first-order valence-corrected chi connectivity index (χ1v) is 13.7. The van der Waals surface area contributed by atoms with Crippen LogP contribution in [0, 0.1) is 12.7 Å². The zero-order chi connectivity index (χ0) is 27.4. The van der Waals surface area contributed by atoms with Gasteiger partial charge in [0.15, 0.2) is 0 Å². The van der Waals surface area contributed by atoms with E-state index in [2.05, 4.69) is 11.9 Å². The molecule has 38 heavy (non-hydrogen) atoms. The van der Waals surface area contributed by atoms with Crippen LogP contribution in [0.5, 0.6) is 0 Å². The number of nitrogens with zero attached hydrogens (tertiary/aromatic N) is 1. The molecule has 3 aromatic carbocycles. The van der Waals surface area contributed by atoms with Crippen molar-refractivity contribution in [3.63, 3.8) is 0 Å². The minimum Gasteiger partial charge on any atom is -0.455 e. The maximum Gasteiger partial charge on any atom is 0.255 e. The molecule has 0 atom stereocenters. The lowest BCUT2D eigenvalue weighted by atomic mass is 10.0. The summed E-state index contributed by atoms with van der Waals surface area (Å²) in [6.45, 7) is 6.35. The molecule has 0 bridgehead atoms. The summed E-state index contributed by atoms with van der Waals surface area (Å²) in [5, 5.41) is 3.13. The van der Waals surface area contributed by atoms with Gasteiger partial charge in [-0.3, -0.25) is 9.10 Å². The number of sulfonamides is 1. The van der Waals surface area contributed by atoms with Crippen LogP contribution in [0.2, 0.25) is 0 Å². The van der Waals surface area contributed by atoms with Crippen molar-refractivity contribution in [2.24, 2.45) is 0 Å². The van der Waals surface area contributed by atoms with Crippen LogP contribution in [0.4, 0.5) is 10.1 Å². The molecule has 7 nitrogen and oxygen atoms in total. The lowest BCUT2D eigenvalue weighted by Crippen LogP contribution is -2.33. The summed E-state index contributed by atoms with van der Waals surface area (Å²) in [5.74, 6) is -0.527. The molecule has 0 unspecified atom stereocenters. The third-order valence-corrected chi connectivity index (χ3v) is 7.15. The Kier molecular flexibility index (Phi) is 7.99. The fourth-order valence-corrected chi connectivity index (χ4v) is 5.15. The summed E-state index contributed by atoms with van der Waals surface area (Å²) in [6.07, 6.45) is 1.12. The van der Waals surface area contributed by atoms with Crippen molar-refractivity contribution in [2.75, 3.05) is 30.8 Å². The predicted molar refractivity (Wildman–Crippen MR) is 147 cm³/mol. The van der Waals surface area contributed by atoms with Crippen LogP contribution in [0.25, 0.3) is 22.3 Å². The zero-order valence-electron chi connectivity index (χ0n) is 21.5. The second-order valence-electron chi connectivity index (χ2n) is 9.03. The lowest BCUT2D eigenvalue weighted by Gasteiger charge is -2.25. The van der Waals surface area contributed by atoms with Gasteiger partial charge in [0.05, 0.1) is 37.3 Å². The molecule has 4 rings (SSSR count). The van der Waals surface area contributed by atoms with E-state index in [1.807, 2.05) is 30.3 Å². The highest BCUT2D eigenvalue weighted by atomic mass is 32.2. The number of hydrogen-bond donors (Lipinski definition) is 1. The molecule has 1 heterocycles. The van der Waals surface area contributed by atoms with Crippen molar-refractivity contribution < 1.29 is 26.8 Å². The van der Waals surface area contributed by atoms with Gasteiger partial charge < -0.3 is 14.5 Å². The van der Waals surface area contributed by atoms with E-state index in [9.17, 15) is 17.6 Å². The van der Waals surface area contributed by atoms with Gasteiger partial charge in [-0.05, 0) is 54.0 Å². The van der Waals surface area contributed by atoms with Crippen molar-refractivity contribution in [3.8, 4) is 11.3 Å². The topological polar surface area (TPSA) is 88.8 Å². The van der Waals surface area contributed by atoms with E-state index in [0.29, 0.717) is 40.0 Å². The van der Waals surface area contributed by atoms with E-state index in [0.717, 1.165) is 11.8 Å². The molecule has 0 aliphatic rings. The number of benzene rings is 3. The quantitative estimate of drug-likeness (QED) is 0.273. The van der Waals surface area contributed by atoms with Crippen molar-refractivity contribution >= 4 is 32.6 Å². The Morgan fingerprint density at radius 1 is 1.11 bits per heavy atom. The number of furan rings is 1. The Hall–Kier alpha value is -3.95. The lowest BCUT2D eigenvalue weighted by molar-refractivity contribution is 0.0964. The average Bonchev–Trinajstić information content (AvgIpc) is 3.25. The fraction of sp³-hybridized carbons (Fsp3) is 0.207. The number of hydrogen-bond acceptors (Lipinski definition) is 5. The maximum absolute atomic E-state index is 13.5. The van der Waals surface area contributed by atoms with Crippen molar-refractivity contribution in [3.05, 3.63) is 101 Å². The minimum atomic E-state index is -3.71. The van der Waals surface area contributed by atoms with Crippen molar-refractivity contribution in [1.82, 2.24) is 5.32 Å². The third-order valence-electron chi connectivity index (χ3n) is 6.02. The van der Waals surface area contributed by atoms with E-state index in [1.54, 1.807) is 19.1 Å². The molecule has 0 aliphatic heterocycles. The molecule has 9 heteroatoms. The van der Waals surface area contributed by atoms with Crippen LogP contribution < -0.4 is 9.62 Å². The van der Waals surface area contributed by atoms with Gasteiger partial charge in [0.25, 0.3) is 5.91 Å². The highest BCUT2D eigenvalue weighted by molar-refractivity contribution is 7.92. The van der Waals surface area contributed by atoms with Gasteiger partial charge >= 0.3 is 0 Å². The van der Waals surface area contributed by atoms with E-state index < -0.39 is 15.8 Å². The summed E-state index contributed by atoms with van der Waals surface area (Å²) in [6, 6.07) is 18.6. The monoisotopic (exact) mass is 536 g/mol. The smallest absolute Gasteiger partial charge is 0.255 e. The molecule has 4 aromatic rings. The molecule has 198 valence electrons. The van der Waals surface area contributed by atoms with E-state index in [1.165, 1.54) is 35.6 Å². The number of fused-ring (bicyclic) bond motifs is 1. The average molecular weight is 537 g/mol. The number of carbonyl (C=O) groups excluding carboxylic acids is 1. The second-order valence-corrected chi connectivity index (χ2v) is 10.9. The van der Waals surface area contributed by atoms with Gasteiger partial charge in [-0.15, -0.1) is 0 Å². The first-order chi connectivity index (χ1) is 18.1. The van der Waals surface area contributed by atoms with Crippen LogP contribution >= 0.6 is 0 Å². The normalized spacial score (nSPS) is 11.5. The number of anilines is 1. The minimum absolute atomic E-state index is 0.00774. The Morgan fingerprint density at radius 3 is 2.42 bits per heavy atom. The SMILES string of the molecule is C=C(COCc1ccccc1)CN(c1cc2oc(-c3ccc(F)cc3)c(C(=O)NC)c2cc1C)S(C)(=O)=O. The molecule has 0 fully saturated rings. The summed E-state index contributed by atoms with van der Waals surface area (Å²) in [4.78, 5) is 12.8. The molecule has 0 radical (unpaired) electrons. The summed E-state index contributed by atoms with van der Waals surface area (Å²) in [5.41, 5.74) is 3.72. The number of ether oxygens (including phenoxy) is 1. The van der Waals surface area contributed by atoms with E-state index in [4.69, 9.17) is 9.15 Å². The first kappa shape index (κ1) is 27.1. The first-order valence-electron chi connectivity index (χ1n) is 11.9. The van der Waals surface area contributed by atoms with Crippen LogP contribution in [-0.2, 0) is 21.4 Å². The largest absolute Gasteiger partial charge is 0.455 e. The molecule has 1 N–H and O–H groups in total. The van der Waals surface area contributed by atoms with Gasteiger partial charge in [-0.1, -0.05) is 36.9 Å². The van der Waals surface area contributed by atoms with Crippen LogP contribution in [0.1, 0.15) is 21.5 Å². The summed E-state index contributed by atoms with van der Waals surface area (Å²) < 4.78 is 52.3. The number of aryl methyl sites for hydroxylation is 1. The standard InChI is InChI=1S/C29H29FN2O5S/c1-19(17-36-18-21-8-6-5-7-9-21)16-32(38(4,34)35)25-15-26-24(14-20(25)2)27(29(33)31-3)28(37-26)22-10-12-23(30)13-11-22/h5-15H,1,16-18H2,2-4H3,(H,31,33). The van der Waals surface area contributed by atoms with Gasteiger partial charge in [0.2, 0.25) is 10.0 Å². The molecular formula is C29H29FN2O5S. The van der Waals surface area contributed by atoms with Crippen LogP contribution in [-0.4, -0.2) is 40.8 Å². The van der Waals surface area contributed by atoms with Crippen molar-refractivity contribution in [2.45, 2.75) is 13.5 Å². The summed E-state index contributed by atoms with van der Waals surface area (Å²) in [7, 11) is -2.20. The number of carbonyl (C=O) groups is 1. The van der Waals surface area contributed by atoms with E-state index in [-0.39, 0.29) is 30.4 Å². The molecule has 0 spiro atoms.